The third-order valence-corrected chi connectivity index (χ3v) is 3.76. The van der Waals surface area contributed by atoms with Gasteiger partial charge in [0.15, 0.2) is 0 Å². The van der Waals surface area contributed by atoms with Gasteiger partial charge in [0, 0.05) is 25.7 Å². The highest BCUT2D eigenvalue weighted by Gasteiger charge is 2.39. The van der Waals surface area contributed by atoms with E-state index in [4.69, 9.17) is 0 Å². The molecule has 2 nitrogen and oxygen atoms in total. The Morgan fingerprint density at radius 3 is 2.65 bits per heavy atom. The normalized spacial score (nSPS) is 27.1. The third kappa shape index (κ3) is 3.14. The van der Waals surface area contributed by atoms with Crippen molar-refractivity contribution in [2.24, 2.45) is 5.92 Å². The maximum atomic E-state index is 3.49. The minimum atomic E-state index is 0. The van der Waals surface area contributed by atoms with Gasteiger partial charge >= 0.3 is 0 Å². The second-order valence-electron chi connectivity index (χ2n) is 4.74. The van der Waals surface area contributed by atoms with Crippen LogP contribution < -0.4 is 5.32 Å². The van der Waals surface area contributed by atoms with Crippen LogP contribution in [-0.2, 0) is 6.54 Å². The molecule has 2 heterocycles. The molecule has 2 aliphatic heterocycles. The van der Waals surface area contributed by atoms with Gasteiger partial charge in [-0.05, 0) is 24.4 Å². The fourth-order valence-corrected chi connectivity index (χ4v) is 2.84. The van der Waals surface area contributed by atoms with Crippen LogP contribution in [-0.4, -0.2) is 30.6 Å². The van der Waals surface area contributed by atoms with E-state index < -0.39 is 0 Å². The fourth-order valence-electron chi connectivity index (χ4n) is 2.84. The molecule has 2 unspecified atom stereocenters. The van der Waals surface area contributed by atoms with Crippen molar-refractivity contribution in [3.63, 3.8) is 0 Å². The third-order valence-electron chi connectivity index (χ3n) is 3.76. The van der Waals surface area contributed by atoms with E-state index in [0.717, 1.165) is 18.5 Å². The first kappa shape index (κ1) is 14.8. The lowest BCUT2D eigenvalue weighted by Gasteiger charge is -2.51. The lowest BCUT2D eigenvalue weighted by molar-refractivity contribution is -0.0114. The Balaban J connectivity index is 0.000000722. The fraction of sp³-hybridized carbons (Fsp3) is 0.538. The average molecular weight is 275 g/mol. The maximum absolute atomic E-state index is 3.49. The number of nitrogens with zero attached hydrogens (tertiary/aromatic N) is 1. The smallest absolute Gasteiger partial charge is 0.0265 e. The van der Waals surface area contributed by atoms with Gasteiger partial charge in [-0.25, -0.2) is 0 Å². The molecule has 0 amide bonds. The minimum Gasteiger partial charge on any atom is -0.315 e. The molecule has 4 heteroatoms. The van der Waals surface area contributed by atoms with Crippen LogP contribution in [0, 0.1) is 5.92 Å². The highest BCUT2D eigenvalue weighted by Crippen LogP contribution is 2.30. The Labute approximate surface area is 116 Å². The van der Waals surface area contributed by atoms with E-state index in [2.05, 4.69) is 40.5 Å². The summed E-state index contributed by atoms with van der Waals surface area (Å²) in [6.07, 6.45) is 1.37. The van der Waals surface area contributed by atoms with E-state index in [1.807, 2.05) is 0 Å². The number of hydrogen-bond acceptors (Lipinski definition) is 2. The van der Waals surface area contributed by atoms with Crippen LogP contribution in [0.1, 0.15) is 12.0 Å². The van der Waals surface area contributed by atoms with E-state index in [9.17, 15) is 0 Å². The van der Waals surface area contributed by atoms with E-state index >= 15 is 0 Å². The molecule has 96 valence electrons. The molecule has 0 bridgehead atoms. The summed E-state index contributed by atoms with van der Waals surface area (Å²) in [5.74, 6) is 0.968. The monoisotopic (exact) mass is 274 g/mol. The molecule has 2 saturated heterocycles. The molecule has 1 aromatic rings. The van der Waals surface area contributed by atoms with Crippen molar-refractivity contribution in [3.05, 3.63) is 35.9 Å². The molecule has 1 aromatic carbocycles. The van der Waals surface area contributed by atoms with Crippen LogP contribution >= 0.6 is 24.8 Å². The topological polar surface area (TPSA) is 15.3 Å². The van der Waals surface area contributed by atoms with Gasteiger partial charge in [0.05, 0.1) is 0 Å². The standard InChI is InChI=1S/C13H18N2.2ClH/c1-2-4-11(5-3-1)9-15-10-12-6-7-14-8-13(12)15;;/h1-5,12-14H,6-10H2;2*1H. The number of fused-ring (bicyclic) bond motifs is 1. The highest BCUT2D eigenvalue weighted by atomic mass is 35.5. The van der Waals surface area contributed by atoms with Crippen molar-refractivity contribution >= 4 is 24.8 Å². The molecule has 2 fully saturated rings. The number of piperidine rings is 1. The van der Waals surface area contributed by atoms with Gasteiger partial charge in [-0.3, -0.25) is 4.90 Å². The van der Waals surface area contributed by atoms with Crippen molar-refractivity contribution < 1.29 is 0 Å². The zero-order valence-corrected chi connectivity index (χ0v) is 11.5. The van der Waals surface area contributed by atoms with Crippen molar-refractivity contribution in [2.75, 3.05) is 19.6 Å². The Kier molecular flexibility index (Phi) is 5.74. The first-order valence-corrected chi connectivity index (χ1v) is 5.92. The first-order chi connectivity index (χ1) is 7.43. The van der Waals surface area contributed by atoms with E-state index in [1.165, 1.54) is 31.6 Å². The maximum Gasteiger partial charge on any atom is 0.0265 e. The molecule has 1 N–H and O–H groups in total. The van der Waals surface area contributed by atoms with Gasteiger partial charge in [0.1, 0.15) is 0 Å². The van der Waals surface area contributed by atoms with Crippen molar-refractivity contribution in [1.82, 2.24) is 10.2 Å². The molecule has 0 aliphatic carbocycles. The Hall–Kier alpha value is -0.280. The van der Waals surface area contributed by atoms with Crippen molar-refractivity contribution in [2.45, 2.75) is 19.0 Å². The molecular formula is C13H20Cl2N2. The summed E-state index contributed by atoms with van der Waals surface area (Å²) >= 11 is 0. The second kappa shape index (κ2) is 6.60. The number of halogens is 2. The van der Waals surface area contributed by atoms with Crippen LogP contribution in [0.15, 0.2) is 30.3 Å². The lowest BCUT2D eigenvalue weighted by atomic mass is 9.83. The van der Waals surface area contributed by atoms with E-state index in [1.54, 1.807) is 0 Å². The zero-order valence-electron chi connectivity index (χ0n) is 9.84. The van der Waals surface area contributed by atoms with Crippen LogP contribution in [0.4, 0.5) is 0 Å². The largest absolute Gasteiger partial charge is 0.315 e. The van der Waals surface area contributed by atoms with Crippen LogP contribution in [0.2, 0.25) is 0 Å². The molecule has 2 aliphatic rings. The molecule has 0 aromatic heterocycles. The van der Waals surface area contributed by atoms with Crippen LogP contribution in [0.3, 0.4) is 0 Å². The predicted molar refractivity (Wildman–Crippen MR) is 76.1 cm³/mol. The summed E-state index contributed by atoms with van der Waals surface area (Å²) in [5.41, 5.74) is 1.45. The van der Waals surface area contributed by atoms with Crippen LogP contribution in [0.5, 0.6) is 0 Å². The first-order valence-electron chi connectivity index (χ1n) is 5.92. The average Bonchev–Trinajstić information content (AvgIpc) is 2.27. The molecule has 17 heavy (non-hydrogen) atoms. The lowest BCUT2D eigenvalue weighted by Crippen LogP contribution is -2.62. The second-order valence-corrected chi connectivity index (χ2v) is 4.74. The highest BCUT2D eigenvalue weighted by molar-refractivity contribution is 5.85. The summed E-state index contributed by atoms with van der Waals surface area (Å²) in [6, 6.07) is 11.6. The summed E-state index contributed by atoms with van der Waals surface area (Å²) in [5, 5.41) is 3.49. The van der Waals surface area contributed by atoms with Gasteiger partial charge in [-0.15, -0.1) is 24.8 Å². The summed E-state index contributed by atoms with van der Waals surface area (Å²) in [4.78, 5) is 2.60. The van der Waals surface area contributed by atoms with Crippen molar-refractivity contribution in [3.8, 4) is 0 Å². The molecular weight excluding hydrogens is 255 g/mol. The Bertz CT molecular complexity index is 331. The number of hydrogen-bond donors (Lipinski definition) is 1. The summed E-state index contributed by atoms with van der Waals surface area (Å²) < 4.78 is 0. The Morgan fingerprint density at radius 1 is 1.18 bits per heavy atom. The minimum absolute atomic E-state index is 0. The molecule has 3 rings (SSSR count). The molecule has 2 atom stereocenters. The SMILES string of the molecule is Cl.Cl.c1ccc(CN2CC3CCNCC32)cc1. The number of benzene rings is 1. The predicted octanol–water partition coefficient (Wildman–Crippen LogP) is 2.32. The number of nitrogens with one attached hydrogen (secondary N) is 1. The molecule has 0 radical (unpaired) electrons. The van der Waals surface area contributed by atoms with E-state index in [0.29, 0.717) is 0 Å². The van der Waals surface area contributed by atoms with Gasteiger partial charge in [-0.2, -0.15) is 0 Å². The van der Waals surface area contributed by atoms with E-state index in [-0.39, 0.29) is 24.8 Å². The zero-order chi connectivity index (χ0) is 10.1. The molecule has 0 spiro atoms. The van der Waals surface area contributed by atoms with Gasteiger partial charge in [0.2, 0.25) is 0 Å². The Morgan fingerprint density at radius 2 is 1.94 bits per heavy atom. The summed E-state index contributed by atoms with van der Waals surface area (Å²) in [6.45, 7) is 4.85. The van der Waals surface area contributed by atoms with Crippen LogP contribution in [0.25, 0.3) is 0 Å². The summed E-state index contributed by atoms with van der Waals surface area (Å²) in [7, 11) is 0. The quantitative estimate of drug-likeness (QED) is 0.891. The van der Waals surface area contributed by atoms with Gasteiger partial charge in [0.25, 0.3) is 0 Å². The van der Waals surface area contributed by atoms with Gasteiger partial charge < -0.3 is 5.32 Å². The molecule has 0 saturated carbocycles. The number of likely N-dealkylation sites (tertiary alicyclic amines) is 1. The van der Waals surface area contributed by atoms with Crippen molar-refractivity contribution in [1.29, 1.82) is 0 Å². The van der Waals surface area contributed by atoms with Gasteiger partial charge in [-0.1, -0.05) is 30.3 Å². The number of rotatable bonds is 2.